The fourth-order valence-corrected chi connectivity index (χ4v) is 2.14. The maximum absolute atomic E-state index is 10.4. The highest BCUT2D eigenvalue weighted by Gasteiger charge is 2.03. The summed E-state index contributed by atoms with van der Waals surface area (Å²) in [6.45, 7) is 16.9. The van der Waals surface area contributed by atoms with Crippen molar-refractivity contribution >= 4 is 11.9 Å². The lowest BCUT2D eigenvalue weighted by molar-refractivity contribution is -0.133. The highest BCUT2D eigenvalue weighted by atomic mass is 16.5. The van der Waals surface area contributed by atoms with Gasteiger partial charge in [-0.05, 0) is 39.0 Å². The van der Waals surface area contributed by atoms with Crippen LogP contribution in [0.15, 0.2) is 24.3 Å². The van der Waals surface area contributed by atoms with E-state index in [1.54, 1.807) is 0 Å². The summed E-state index contributed by atoms with van der Waals surface area (Å²) in [4.78, 5) is 20.8. The Bertz CT molecular complexity index is 506. The molecule has 0 bridgehead atoms. The molecule has 0 aromatic rings. The number of carboxylic acid groups (broad SMARTS) is 2. The van der Waals surface area contributed by atoms with Crippen molar-refractivity contribution in [2.24, 2.45) is 0 Å². The monoisotopic (exact) mass is 476 g/mol. The van der Waals surface area contributed by atoms with Gasteiger partial charge in [0.05, 0.1) is 39.6 Å². The maximum atomic E-state index is 10.4. The van der Waals surface area contributed by atoms with Gasteiger partial charge in [0.1, 0.15) is 0 Å². The quantitative estimate of drug-likeness (QED) is 0.168. The summed E-state index contributed by atoms with van der Waals surface area (Å²) in [5.41, 5.74) is 0.462. The van der Waals surface area contributed by atoms with E-state index in [9.17, 15) is 9.59 Å². The molecule has 0 aromatic carbocycles. The van der Waals surface area contributed by atoms with Crippen LogP contribution in [-0.4, -0.2) is 88.2 Å². The van der Waals surface area contributed by atoms with E-state index in [-0.39, 0.29) is 11.1 Å². The van der Waals surface area contributed by atoms with Crippen molar-refractivity contribution in [1.82, 2.24) is 0 Å². The molecule has 33 heavy (non-hydrogen) atoms. The summed E-state index contributed by atoms with van der Waals surface area (Å²) in [6, 6.07) is 0. The lowest BCUT2D eigenvalue weighted by Gasteiger charge is -2.06. The fourth-order valence-electron chi connectivity index (χ4n) is 2.14. The van der Waals surface area contributed by atoms with Crippen molar-refractivity contribution in [3.63, 3.8) is 0 Å². The Hall–Kier alpha value is -1.78. The molecule has 0 aliphatic rings. The van der Waals surface area contributed by atoms with Crippen LogP contribution in [0.5, 0.6) is 0 Å². The minimum absolute atomic E-state index is 0.224. The molecule has 0 amide bonds. The van der Waals surface area contributed by atoms with Crippen molar-refractivity contribution in [3.8, 4) is 0 Å². The molecule has 9 nitrogen and oxygen atoms in total. The van der Waals surface area contributed by atoms with Crippen LogP contribution in [0.1, 0.15) is 52.4 Å². The van der Waals surface area contributed by atoms with Gasteiger partial charge in [0.15, 0.2) is 0 Å². The molecule has 194 valence electrons. The van der Waals surface area contributed by atoms with Gasteiger partial charge in [-0.25, -0.2) is 9.59 Å². The molecule has 0 aliphatic heterocycles. The SMILES string of the molecule is C=C(CCCOCCOCCCC)C(=O)O.C=C(CCCOCCOCCOCC)C(=O)O. The first-order valence-electron chi connectivity index (χ1n) is 11.6. The van der Waals surface area contributed by atoms with Crippen LogP contribution in [0.25, 0.3) is 0 Å². The summed E-state index contributed by atoms with van der Waals surface area (Å²) >= 11 is 0. The Kier molecular flexibility index (Phi) is 26.8. The number of carboxylic acids is 2. The van der Waals surface area contributed by atoms with E-state index < -0.39 is 11.9 Å². The highest BCUT2D eigenvalue weighted by Crippen LogP contribution is 2.03. The molecule has 0 spiro atoms. The second-order valence-corrected chi connectivity index (χ2v) is 7.02. The van der Waals surface area contributed by atoms with E-state index in [1.807, 2.05) is 6.92 Å². The molecule has 0 unspecified atom stereocenters. The van der Waals surface area contributed by atoms with Crippen LogP contribution in [0.4, 0.5) is 0 Å². The Morgan fingerprint density at radius 1 is 0.576 bits per heavy atom. The van der Waals surface area contributed by atoms with E-state index in [0.717, 1.165) is 19.4 Å². The van der Waals surface area contributed by atoms with Gasteiger partial charge in [-0.2, -0.15) is 0 Å². The standard InChI is InChI=1S/C12H22O5.C12H22O4/c1-3-15-7-8-17-10-9-16-6-4-5-11(2)12(13)14;1-3-4-7-15-9-10-16-8-5-6-11(2)12(13)14/h2-10H2,1H3,(H,13,14);2-10H2,1H3,(H,13,14). The van der Waals surface area contributed by atoms with Gasteiger partial charge < -0.3 is 33.9 Å². The summed E-state index contributed by atoms with van der Waals surface area (Å²) in [7, 11) is 0. The number of unbranched alkanes of at least 4 members (excludes halogenated alkanes) is 1. The Balaban J connectivity index is 0. The molecule has 0 rings (SSSR count). The van der Waals surface area contributed by atoms with Gasteiger partial charge in [0.25, 0.3) is 0 Å². The van der Waals surface area contributed by atoms with Gasteiger partial charge in [0, 0.05) is 37.6 Å². The average molecular weight is 477 g/mol. The lowest BCUT2D eigenvalue weighted by Crippen LogP contribution is -2.10. The topological polar surface area (TPSA) is 121 Å². The van der Waals surface area contributed by atoms with Gasteiger partial charge in [-0.1, -0.05) is 26.5 Å². The fraction of sp³-hybridized carbons (Fsp3) is 0.750. The zero-order chi connectivity index (χ0) is 25.2. The van der Waals surface area contributed by atoms with E-state index in [2.05, 4.69) is 20.1 Å². The molecular formula is C24H44O9. The lowest BCUT2D eigenvalue weighted by atomic mass is 10.2. The first kappa shape index (κ1) is 33.4. The van der Waals surface area contributed by atoms with Gasteiger partial charge in [-0.15, -0.1) is 0 Å². The smallest absolute Gasteiger partial charge is 0.330 e. The molecule has 9 heteroatoms. The van der Waals surface area contributed by atoms with Crippen molar-refractivity contribution in [2.45, 2.75) is 52.4 Å². The number of carbonyl (C=O) groups is 2. The van der Waals surface area contributed by atoms with Crippen molar-refractivity contribution in [3.05, 3.63) is 24.3 Å². The average Bonchev–Trinajstić information content (AvgIpc) is 2.79. The minimum atomic E-state index is -0.941. The molecule has 0 saturated carbocycles. The van der Waals surface area contributed by atoms with Gasteiger partial charge in [0.2, 0.25) is 0 Å². The Labute approximate surface area is 198 Å². The third-order valence-corrected chi connectivity index (χ3v) is 4.10. The predicted octanol–water partition coefficient (Wildman–Crippen LogP) is 3.72. The molecule has 0 saturated heterocycles. The van der Waals surface area contributed by atoms with Crippen molar-refractivity contribution in [1.29, 1.82) is 0 Å². The summed E-state index contributed by atoms with van der Waals surface area (Å²) in [5, 5.41) is 17.1. The van der Waals surface area contributed by atoms with E-state index >= 15 is 0 Å². The van der Waals surface area contributed by atoms with Crippen LogP contribution >= 0.6 is 0 Å². The molecule has 0 aromatic heterocycles. The molecule has 0 atom stereocenters. The molecule has 0 radical (unpaired) electrons. The summed E-state index contributed by atoms with van der Waals surface area (Å²) in [6.07, 6.45) is 4.52. The molecule has 0 heterocycles. The second kappa shape index (κ2) is 26.5. The summed E-state index contributed by atoms with van der Waals surface area (Å²) in [5.74, 6) is -1.87. The van der Waals surface area contributed by atoms with Crippen molar-refractivity contribution < 1.29 is 43.5 Å². The van der Waals surface area contributed by atoms with Gasteiger partial charge >= 0.3 is 11.9 Å². The van der Waals surface area contributed by atoms with Crippen LogP contribution in [0, 0.1) is 0 Å². The maximum Gasteiger partial charge on any atom is 0.330 e. The van der Waals surface area contributed by atoms with Crippen LogP contribution in [0.3, 0.4) is 0 Å². The van der Waals surface area contributed by atoms with Gasteiger partial charge in [-0.3, -0.25) is 0 Å². The molecule has 2 N–H and O–H groups in total. The third kappa shape index (κ3) is 28.2. The summed E-state index contributed by atoms with van der Waals surface area (Å²) < 4.78 is 26.2. The highest BCUT2D eigenvalue weighted by molar-refractivity contribution is 5.85. The Morgan fingerprint density at radius 3 is 1.24 bits per heavy atom. The van der Waals surface area contributed by atoms with E-state index in [1.165, 1.54) is 0 Å². The number of hydrogen-bond donors (Lipinski definition) is 2. The third-order valence-electron chi connectivity index (χ3n) is 4.10. The van der Waals surface area contributed by atoms with Crippen LogP contribution in [0.2, 0.25) is 0 Å². The number of aliphatic carboxylic acids is 2. The molecular weight excluding hydrogens is 432 g/mol. The van der Waals surface area contributed by atoms with E-state index in [0.29, 0.717) is 85.1 Å². The molecule has 0 fully saturated rings. The zero-order valence-electron chi connectivity index (χ0n) is 20.5. The number of ether oxygens (including phenoxy) is 5. The largest absolute Gasteiger partial charge is 0.478 e. The first-order chi connectivity index (χ1) is 15.9. The minimum Gasteiger partial charge on any atom is -0.478 e. The Morgan fingerprint density at radius 2 is 0.909 bits per heavy atom. The van der Waals surface area contributed by atoms with Crippen LogP contribution < -0.4 is 0 Å². The first-order valence-corrected chi connectivity index (χ1v) is 11.6. The van der Waals surface area contributed by atoms with Crippen molar-refractivity contribution in [2.75, 3.05) is 66.1 Å². The van der Waals surface area contributed by atoms with E-state index in [4.69, 9.17) is 33.9 Å². The molecule has 0 aliphatic carbocycles. The normalized spacial score (nSPS) is 10.4. The number of rotatable bonds is 23. The number of hydrogen-bond acceptors (Lipinski definition) is 7. The second-order valence-electron chi connectivity index (χ2n) is 7.02. The zero-order valence-corrected chi connectivity index (χ0v) is 20.5. The predicted molar refractivity (Wildman–Crippen MR) is 127 cm³/mol. The van der Waals surface area contributed by atoms with Crippen LogP contribution in [-0.2, 0) is 33.3 Å².